The van der Waals surface area contributed by atoms with Crippen molar-refractivity contribution in [1.82, 2.24) is 10.6 Å². The molecule has 0 saturated heterocycles. The lowest BCUT2D eigenvalue weighted by atomic mass is 9.86. The third-order valence-corrected chi connectivity index (χ3v) is 4.66. The number of anilines is 1. The minimum absolute atomic E-state index is 0.0336. The smallest absolute Gasteiger partial charge is 0.338 e. The summed E-state index contributed by atoms with van der Waals surface area (Å²) < 4.78 is 4.90. The van der Waals surface area contributed by atoms with E-state index in [1.165, 1.54) is 24.3 Å². The first-order valence-corrected chi connectivity index (χ1v) is 9.43. The second-order valence-electron chi connectivity index (χ2n) is 6.93. The molecule has 0 bridgehead atoms. The molecule has 1 aliphatic carbocycles. The van der Waals surface area contributed by atoms with Gasteiger partial charge in [-0.1, -0.05) is 19.8 Å². The fourth-order valence-corrected chi connectivity index (χ4v) is 3.08. The van der Waals surface area contributed by atoms with Gasteiger partial charge in [0, 0.05) is 11.7 Å². The number of urea groups is 1. The third kappa shape index (κ3) is 7.25. The molecule has 0 spiro atoms. The summed E-state index contributed by atoms with van der Waals surface area (Å²) in [4.78, 5) is 47.1. The number of nitriles is 1. The number of carbonyl (C=O) groups is 4. The average Bonchev–Trinajstić information content (AvgIpc) is 2.68. The normalized spacial score (nSPS) is 18.1. The Morgan fingerprint density at radius 3 is 2.45 bits per heavy atom. The Morgan fingerprint density at radius 2 is 1.79 bits per heavy atom. The lowest BCUT2D eigenvalue weighted by molar-refractivity contribution is -0.123. The first kappa shape index (κ1) is 21.9. The number of rotatable bonds is 6. The van der Waals surface area contributed by atoms with Crippen LogP contribution >= 0.6 is 0 Å². The van der Waals surface area contributed by atoms with Crippen LogP contribution in [0.4, 0.5) is 10.5 Å². The molecule has 0 unspecified atom stereocenters. The van der Waals surface area contributed by atoms with Gasteiger partial charge in [0.15, 0.2) is 6.61 Å². The average molecular weight is 400 g/mol. The highest BCUT2D eigenvalue weighted by molar-refractivity contribution is 5.97. The molecule has 2 atom stereocenters. The summed E-state index contributed by atoms with van der Waals surface area (Å²) in [5, 5.41) is 15.9. The Bertz CT molecular complexity index is 800. The summed E-state index contributed by atoms with van der Waals surface area (Å²) in [7, 11) is 0. The van der Waals surface area contributed by atoms with E-state index in [0.29, 0.717) is 11.6 Å². The highest BCUT2D eigenvalue weighted by atomic mass is 16.5. The molecule has 4 amide bonds. The summed E-state index contributed by atoms with van der Waals surface area (Å²) >= 11 is 0. The van der Waals surface area contributed by atoms with Crippen LogP contribution < -0.4 is 16.0 Å². The van der Waals surface area contributed by atoms with Crippen LogP contribution in [-0.2, 0) is 14.3 Å². The van der Waals surface area contributed by atoms with E-state index in [1.54, 1.807) is 6.07 Å². The Balaban J connectivity index is 1.75. The Morgan fingerprint density at radius 1 is 1.10 bits per heavy atom. The zero-order valence-corrected chi connectivity index (χ0v) is 16.2. The second-order valence-corrected chi connectivity index (χ2v) is 6.93. The van der Waals surface area contributed by atoms with E-state index in [4.69, 9.17) is 10.00 Å². The highest BCUT2D eigenvalue weighted by Gasteiger charge is 2.23. The Kier molecular flexibility index (Phi) is 8.15. The van der Waals surface area contributed by atoms with Crippen LogP contribution in [0.25, 0.3) is 0 Å². The number of benzene rings is 1. The molecule has 0 heterocycles. The minimum atomic E-state index is -0.739. The molecule has 29 heavy (non-hydrogen) atoms. The van der Waals surface area contributed by atoms with Crippen molar-refractivity contribution in [3.05, 3.63) is 29.8 Å². The lowest BCUT2D eigenvalue weighted by Crippen LogP contribution is -2.48. The summed E-state index contributed by atoms with van der Waals surface area (Å²) in [6.07, 6.45) is 3.83. The number of nitrogens with zero attached hydrogens (tertiary/aromatic N) is 1. The fraction of sp³-hybridized carbons (Fsp3) is 0.450. The van der Waals surface area contributed by atoms with E-state index >= 15 is 0 Å². The maximum Gasteiger partial charge on any atom is 0.338 e. The van der Waals surface area contributed by atoms with Gasteiger partial charge in [-0.25, -0.2) is 9.59 Å². The van der Waals surface area contributed by atoms with Gasteiger partial charge in [-0.15, -0.1) is 0 Å². The van der Waals surface area contributed by atoms with Gasteiger partial charge in [-0.3, -0.25) is 14.9 Å². The number of esters is 1. The van der Waals surface area contributed by atoms with Gasteiger partial charge in [-0.2, -0.15) is 5.26 Å². The van der Waals surface area contributed by atoms with Crippen molar-refractivity contribution in [1.29, 1.82) is 5.26 Å². The van der Waals surface area contributed by atoms with Crippen molar-refractivity contribution in [3.8, 4) is 6.07 Å². The van der Waals surface area contributed by atoms with E-state index in [2.05, 4.69) is 22.9 Å². The van der Waals surface area contributed by atoms with Gasteiger partial charge in [0.2, 0.25) is 5.91 Å². The second kappa shape index (κ2) is 10.8. The standard InChI is InChI=1S/C20H24N4O5/c1-13-4-2-3-5-16(13)23-20(28)24-18(26)12-29-19(27)14-6-8-15(9-7-14)22-17(25)10-11-21/h6-9,13,16H,2-5,10,12H2,1H3,(H,22,25)(H2,23,24,26,28)/t13-,16-/m1/s1. The van der Waals surface area contributed by atoms with E-state index in [1.807, 2.05) is 0 Å². The lowest BCUT2D eigenvalue weighted by Gasteiger charge is -2.29. The molecule has 1 aliphatic rings. The molecule has 1 aromatic carbocycles. The first-order chi connectivity index (χ1) is 13.9. The Labute approximate surface area is 168 Å². The molecule has 9 nitrogen and oxygen atoms in total. The summed E-state index contributed by atoms with van der Waals surface area (Å²) in [5.41, 5.74) is 0.602. The predicted octanol–water partition coefficient (Wildman–Crippen LogP) is 2.10. The van der Waals surface area contributed by atoms with Gasteiger partial charge >= 0.3 is 12.0 Å². The molecule has 1 fully saturated rings. The Hall–Kier alpha value is -3.41. The van der Waals surface area contributed by atoms with E-state index < -0.39 is 30.4 Å². The molecule has 154 valence electrons. The number of nitrogens with one attached hydrogen (secondary N) is 3. The largest absolute Gasteiger partial charge is 0.452 e. The van der Waals surface area contributed by atoms with E-state index in [0.717, 1.165) is 25.7 Å². The summed E-state index contributed by atoms with van der Waals surface area (Å²) in [5.74, 6) is -1.56. The van der Waals surface area contributed by atoms with Crippen LogP contribution in [0.1, 0.15) is 49.4 Å². The maximum atomic E-state index is 12.0. The van der Waals surface area contributed by atoms with E-state index in [9.17, 15) is 19.2 Å². The van der Waals surface area contributed by atoms with Crippen LogP contribution in [-0.4, -0.2) is 36.5 Å². The molecule has 0 radical (unpaired) electrons. The number of hydrogen-bond donors (Lipinski definition) is 3. The quantitative estimate of drug-likeness (QED) is 0.625. The zero-order chi connectivity index (χ0) is 21.2. The molecular formula is C20H24N4O5. The number of hydrogen-bond acceptors (Lipinski definition) is 6. The van der Waals surface area contributed by atoms with Crippen molar-refractivity contribution in [2.45, 2.75) is 45.1 Å². The van der Waals surface area contributed by atoms with Crippen LogP contribution in [0.2, 0.25) is 0 Å². The number of imide groups is 1. The van der Waals surface area contributed by atoms with Crippen molar-refractivity contribution < 1.29 is 23.9 Å². The number of carbonyl (C=O) groups excluding carboxylic acids is 4. The molecular weight excluding hydrogens is 376 g/mol. The van der Waals surface area contributed by atoms with Gasteiger partial charge in [0.05, 0.1) is 11.6 Å². The van der Waals surface area contributed by atoms with Gasteiger partial charge in [0.1, 0.15) is 6.42 Å². The van der Waals surface area contributed by atoms with Gasteiger partial charge in [-0.05, 0) is 43.0 Å². The van der Waals surface area contributed by atoms with Crippen LogP contribution in [0, 0.1) is 17.2 Å². The van der Waals surface area contributed by atoms with Crippen molar-refractivity contribution in [2.75, 3.05) is 11.9 Å². The predicted molar refractivity (Wildman–Crippen MR) is 104 cm³/mol. The SMILES string of the molecule is C[C@@H]1CCCC[C@H]1NC(=O)NC(=O)COC(=O)c1ccc(NC(=O)CC#N)cc1. The monoisotopic (exact) mass is 400 g/mol. The van der Waals surface area contributed by atoms with Gasteiger partial charge in [0.25, 0.3) is 5.91 Å². The summed E-state index contributed by atoms with van der Waals surface area (Å²) in [6, 6.07) is 6.95. The van der Waals surface area contributed by atoms with Crippen LogP contribution in [0.15, 0.2) is 24.3 Å². The molecule has 1 aromatic rings. The first-order valence-electron chi connectivity index (χ1n) is 9.43. The molecule has 3 N–H and O–H groups in total. The number of ether oxygens (including phenoxy) is 1. The fourth-order valence-electron chi connectivity index (χ4n) is 3.08. The summed E-state index contributed by atoms with van der Waals surface area (Å²) in [6.45, 7) is 1.47. The van der Waals surface area contributed by atoms with Crippen LogP contribution in [0.3, 0.4) is 0 Å². The number of amides is 4. The molecule has 2 rings (SSSR count). The minimum Gasteiger partial charge on any atom is -0.452 e. The van der Waals surface area contributed by atoms with E-state index in [-0.39, 0.29) is 18.0 Å². The third-order valence-electron chi connectivity index (χ3n) is 4.66. The van der Waals surface area contributed by atoms with Gasteiger partial charge < -0.3 is 15.4 Å². The van der Waals surface area contributed by atoms with Crippen molar-refractivity contribution in [2.24, 2.45) is 5.92 Å². The van der Waals surface area contributed by atoms with Crippen molar-refractivity contribution in [3.63, 3.8) is 0 Å². The molecule has 9 heteroatoms. The topological polar surface area (TPSA) is 137 Å². The molecule has 0 aromatic heterocycles. The maximum absolute atomic E-state index is 12.0. The molecule has 1 saturated carbocycles. The van der Waals surface area contributed by atoms with Crippen LogP contribution in [0.5, 0.6) is 0 Å². The van der Waals surface area contributed by atoms with Crippen molar-refractivity contribution >= 4 is 29.5 Å². The molecule has 0 aliphatic heterocycles. The highest BCUT2D eigenvalue weighted by Crippen LogP contribution is 2.23. The zero-order valence-electron chi connectivity index (χ0n) is 16.2.